The summed E-state index contributed by atoms with van der Waals surface area (Å²) in [4.78, 5) is 14.7. The van der Waals surface area contributed by atoms with E-state index in [0.717, 1.165) is 10.9 Å². The van der Waals surface area contributed by atoms with Crippen molar-refractivity contribution in [3.8, 4) is 0 Å². The SMILES string of the molecule is CC(Cl)C(=O)c1c[nH]c2cc(Cl)ccc12. The van der Waals surface area contributed by atoms with Crippen molar-refractivity contribution in [2.24, 2.45) is 0 Å². The largest absolute Gasteiger partial charge is 0.360 e. The number of aromatic nitrogens is 1. The number of nitrogens with one attached hydrogen (secondary N) is 1. The first-order valence-corrected chi connectivity index (χ1v) is 5.36. The van der Waals surface area contributed by atoms with Crippen LogP contribution in [-0.2, 0) is 0 Å². The molecular weight excluding hydrogens is 233 g/mol. The molecule has 0 saturated heterocycles. The molecule has 1 aromatic carbocycles. The Hall–Kier alpha value is -0.990. The summed E-state index contributed by atoms with van der Waals surface area (Å²) in [6, 6.07) is 5.36. The van der Waals surface area contributed by atoms with Gasteiger partial charge < -0.3 is 4.98 Å². The number of carbonyl (C=O) groups is 1. The van der Waals surface area contributed by atoms with Gasteiger partial charge in [-0.2, -0.15) is 0 Å². The van der Waals surface area contributed by atoms with Crippen molar-refractivity contribution in [3.63, 3.8) is 0 Å². The van der Waals surface area contributed by atoms with Crippen LogP contribution in [0, 0.1) is 0 Å². The highest BCUT2D eigenvalue weighted by molar-refractivity contribution is 6.35. The Morgan fingerprint density at radius 1 is 1.47 bits per heavy atom. The van der Waals surface area contributed by atoms with Gasteiger partial charge in [0.1, 0.15) is 0 Å². The second-order valence-corrected chi connectivity index (χ2v) is 4.46. The number of fused-ring (bicyclic) bond motifs is 1. The molecular formula is C11H9Cl2NO. The van der Waals surface area contributed by atoms with Gasteiger partial charge in [0.05, 0.1) is 5.38 Å². The minimum absolute atomic E-state index is 0.0785. The number of hydrogen-bond donors (Lipinski definition) is 1. The van der Waals surface area contributed by atoms with E-state index in [-0.39, 0.29) is 5.78 Å². The minimum atomic E-state index is -0.514. The Kier molecular flexibility index (Phi) is 2.72. The zero-order valence-electron chi connectivity index (χ0n) is 8.05. The highest BCUT2D eigenvalue weighted by Gasteiger charge is 2.16. The van der Waals surface area contributed by atoms with Crippen molar-refractivity contribution >= 4 is 39.9 Å². The summed E-state index contributed by atoms with van der Waals surface area (Å²) in [6.07, 6.45) is 1.67. The maximum Gasteiger partial charge on any atom is 0.182 e. The molecule has 2 aromatic rings. The molecule has 0 aliphatic heterocycles. The van der Waals surface area contributed by atoms with Crippen LogP contribution in [0.5, 0.6) is 0 Å². The molecule has 1 atom stereocenters. The van der Waals surface area contributed by atoms with E-state index in [0.29, 0.717) is 10.6 Å². The number of Topliss-reactive ketones (excluding diaryl/α,β-unsaturated/α-hetero) is 1. The van der Waals surface area contributed by atoms with E-state index < -0.39 is 5.38 Å². The Morgan fingerprint density at radius 2 is 2.20 bits per heavy atom. The van der Waals surface area contributed by atoms with Crippen LogP contribution >= 0.6 is 23.2 Å². The predicted octanol–water partition coefficient (Wildman–Crippen LogP) is 3.63. The second-order valence-electron chi connectivity index (χ2n) is 3.37. The van der Waals surface area contributed by atoms with Crippen molar-refractivity contribution in [1.29, 1.82) is 0 Å². The lowest BCUT2D eigenvalue weighted by Crippen LogP contribution is -2.09. The van der Waals surface area contributed by atoms with Gasteiger partial charge in [-0.1, -0.05) is 17.7 Å². The molecule has 15 heavy (non-hydrogen) atoms. The van der Waals surface area contributed by atoms with Crippen molar-refractivity contribution in [3.05, 3.63) is 35.0 Å². The third-order valence-corrected chi connectivity index (χ3v) is 2.70. The van der Waals surface area contributed by atoms with Crippen LogP contribution in [-0.4, -0.2) is 16.1 Å². The highest BCUT2D eigenvalue weighted by Crippen LogP contribution is 2.23. The number of benzene rings is 1. The molecule has 1 unspecified atom stereocenters. The summed E-state index contributed by atoms with van der Waals surface area (Å²) in [7, 11) is 0. The molecule has 0 fully saturated rings. The Labute approximate surface area is 97.2 Å². The lowest BCUT2D eigenvalue weighted by Gasteiger charge is -2.00. The first-order valence-electron chi connectivity index (χ1n) is 4.54. The fourth-order valence-corrected chi connectivity index (χ4v) is 1.81. The Balaban J connectivity index is 2.59. The van der Waals surface area contributed by atoms with E-state index >= 15 is 0 Å². The van der Waals surface area contributed by atoms with Gasteiger partial charge in [-0.3, -0.25) is 4.79 Å². The third-order valence-electron chi connectivity index (χ3n) is 2.27. The second kappa shape index (κ2) is 3.87. The topological polar surface area (TPSA) is 32.9 Å². The number of hydrogen-bond acceptors (Lipinski definition) is 1. The van der Waals surface area contributed by atoms with E-state index in [4.69, 9.17) is 23.2 Å². The summed E-state index contributed by atoms with van der Waals surface area (Å²) >= 11 is 11.6. The van der Waals surface area contributed by atoms with Crippen molar-refractivity contribution < 1.29 is 4.79 Å². The number of rotatable bonds is 2. The highest BCUT2D eigenvalue weighted by atomic mass is 35.5. The lowest BCUT2D eigenvalue weighted by molar-refractivity contribution is 0.0993. The van der Waals surface area contributed by atoms with Crippen molar-refractivity contribution in [2.75, 3.05) is 0 Å². The van der Waals surface area contributed by atoms with Crippen LogP contribution in [0.15, 0.2) is 24.4 Å². The van der Waals surface area contributed by atoms with Crippen LogP contribution in [0.2, 0.25) is 5.02 Å². The standard InChI is InChI=1S/C11H9Cl2NO/c1-6(12)11(15)9-5-14-10-4-7(13)2-3-8(9)10/h2-6,14H,1H3. The van der Waals surface area contributed by atoms with Crippen molar-refractivity contribution in [2.45, 2.75) is 12.3 Å². The number of H-pyrrole nitrogens is 1. The maximum absolute atomic E-state index is 11.7. The lowest BCUT2D eigenvalue weighted by atomic mass is 10.1. The summed E-state index contributed by atoms with van der Waals surface area (Å²) in [5.74, 6) is -0.0785. The third kappa shape index (κ3) is 1.87. The van der Waals surface area contributed by atoms with Gasteiger partial charge in [0.15, 0.2) is 5.78 Å². The molecule has 0 spiro atoms. The van der Waals surface area contributed by atoms with E-state index in [1.54, 1.807) is 25.3 Å². The van der Waals surface area contributed by atoms with Gasteiger partial charge in [0, 0.05) is 27.7 Å². The molecule has 0 amide bonds. The zero-order valence-corrected chi connectivity index (χ0v) is 9.56. The Morgan fingerprint density at radius 3 is 2.87 bits per heavy atom. The summed E-state index contributed by atoms with van der Waals surface area (Å²) in [5.41, 5.74) is 1.47. The molecule has 0 aliphatic carbocycles. The number of halogens is 2. The summed E-state index contributed by atoms with van der Waals surface area (Å²) in [6.45, 7) is 1.67. The fourth-order valence-electron chi connectivity index (χ4n) is 1.52. The van der Waals surface area contributed by atoms with Crippen LogP contribution in [0.1, 0.15) is 17.3 Å². The number of alkyl halides is 1. The van der Waals surface area contributed by atoms with E-state index in [1.165, 1.54) is 0 Å². The molecule has 78 valence electrons. The predicted molar refractivity (Wildman–Crippen MR) is 63.0 cm³/mol. The molecule has 0 saturated carbocycles. The smallest absolute Gasteiger partial charge is 0.182 e. The summed E-state index contributed by atoms with van der Waals surface area (Å²) < 4.78 is 0. The number of aromatic amines is 1. The van der Waals surface area contributed by atoms with E-state index in [9.17, 15) is 4.79 Å². The van der Waals surface area contributed by atoms with Crippen LogP contribution in [0.3, 0.4) is 0 Å². The quantitative estimate of drug-likeness (QED) is 0.633. The van der Waals surface area contributed by atoms with Crippen molar-refractivity contribution in [1.82, 2.24) is 4.98 Å². The van der Waals surface area contributed by atoms with Gasteiger partial charge in [-0.15, -0.1) is 11.6 Å². The molecule has 0 aliphatic rings. The van der Waals surface area contributed by atoms with Crippen LogP contribution in [0.4, 0.5) is 0 Å². The zero-order chi connectivity index (χ0) is 11.0. The van der Waals surface area contributed by atoms with Crippen LogP contribution < -0.4 is 0 Å². The monoisotopic (exact) mass is 241 g/mol. The van der Waals surface area contributed by atoms with E-state index in [1.807, 2.05) is 6.07 Å². The van der Waals surface area contributed by atoms with Gasteiger partial charge >= 0.3 is 0 Å². The molecule has 1 heterocycles. The number of ketones is 1. The number of carbonyl (C=O) groups excluding carboxylic acids is 1. The normalized spacial score (nSPS) is 13.0. The maximum atomic E-state index is 11.7. The van der Waals surface area contributed by atoms with Gasteiger partial charge in [0.2, 0.25) is 0 Å². The van der Waals surface area contributed by atoms with E-state index in [2.05, 4.69) is 4.98 Å². The molecule has 2 rings (SSSR count). The average molecular weight is 242 g/mol. The average Bonchev–Trinajstić information content (AvgIpc) is 2.59. The fraction of sp³-hybridized carbons (Fsp3) is 0.182. The first-order chi connectivity index (χ1) is 7.09. The molecule has 0 bridgehead atoms. The molecule has 1 aromatic heterocycles. The first kappa shape index (κ1) is 10.5. The minimum Gasteiger partial charge on any atom is -0.360 e. The molecule has 2 nitrogen and oxygen atoms in total. The summed E-state index contributed by atoms with van der Waals surface area (Å²) in [5, 5.41) is 0.985. The molecule has 4 heteroatoms. The van der Waals surface area contributed by atoms with Gasteiger partial charge in [-0.05, 0) is 19.1 Å². The molecule has 1 N–H and O–H groups in total. The molecule has 0 radical (unpaired) electrons. The Bertz CT molecular complexity index is 516. The van der Waals surface area contributed by atoms with Gasteiger partial charge in [0.25, 0.3) is 0 Å². The van der Waals surface area contributed by atoms with Crippen LogP contribution in [0.25, 0.3) is 10.9 Å². The van der Waals surface area contributed by atoms with Gasteiger partial charge in [-0.25, -0.2) is 0 Å².